The van der Waals surface area contributed by atoms with Crippen molar-refractivity contribution in [1.82, 2.24) is 21.3 Å². The van der Waals surface area contributed by atoms with Crippen LogP contribution in [-0.2, 0) is 19.1 Å². The predicted octanol–water partition coefficient (Wildman–Crippen LogP) is 0.838. The van der Waals surface area contributed by atoms with E-state index in [1.54, 1.807) is 30.3 Å². The van der Waals surface area contributed by atoms with Gasteiger partial charge >= 0.3 is 5.97 Å². The number of carbonyl (C=O) groups is 5. The van der Waals surface area contributed by atoms with Crippen LogP contribution in [-0.4, -0.2) is 47.8 Å². The summed E-state index contributed by atoms with van der Waals surface area (Å²) in [5.74, 6) is -3.89. The van der Waals surface area contributed by atoms with Gasteiger partial charge in [-0.2, -0.15) is 0 Å². The van der Waals surface area contributed by atoms with Gasteiger partial charge in [-0.15, -0.1) is 0 Å². The van der Waals surface area contributed by atoms with Gasteiger partial charge < -0.3 is 4.74 Å². The summed E-state index contributed by atoms with van der Waals surface area (Å²) in [6.45, 7) is -0.737. The Kier molecular flexibility index (Phi) is 7.40. The van der Waals surface area contributed by atoms with E-state index in [-0.39, 0.29) is 13.0 Å². The number of halogens is 1. The van der Waals surface area contributed by atoms with Gasteiger partial charge in [-0.3, -0.25) is 45.3 Å². The molecular formula is C21H19ClN4O6. The van der Waals surface area contributed by atoms with Gasteiger partial charge in [-0.25, -0.2) is 0 Å². The van der Waals surface area contributed by atoms with Gasteiger partial charge in [0.2, 0.25) is 5.91 Å². The molecule has 0 aliphatic carbocycles. The number of hydrogen-bond acceptors (Lipinski definition) is 6. The lowest BCUT2D eigenvalue weighted by molar-refractivity contribution is -0.152. The second-order valence-electron chi connectivity index (χ2n) is 6.83. The highest BCUT2D eigenvalue weighted by molar-refractivity contribution is 6.30. The van der Waals surface area contributed by atoms with Gasteiger partial charge in [0.05, 0.1) is 12.5 Å². The van der Waals surface area contributed by atoms with Crippen molar-refractivity contribution in [2.24, 2.45) is 5.92 Å². The molecule has 0 radical (unpaired) electrons. The summed E-state index contributed by atoms with van der Waals surface area (Å²) in [5, 5.41) is 1.49. The van der Waals surface area contributed by atoms with Crippen LogP contribution in [0.2, 0.25) is 5.02 Å². The first-order valence-electron chi connectivity index (χ1n) is 9.51. The van der Waals surface area contributed by atoms with E-state index in [1.807, 2.05) is 0 Å². The van der Waals surface area contributed by atoms with Gasteiger partial charge in [0.25, 0.3) is 17.7 Å². The van der Waals surface area contributed by atoms with E-state index in [2.05, 4.69) is 16.3 Å². The standard InChI is InChI=1S/C21H19ClN4O6/c22-16-8-6-14(7-9-16)20(30)25-26-11-15(10-18(26)28)21(31)32-12-17(27)23-24-19(29)13-4-2-1-3-5-13/h1-9,15H,10-12H2,(H,23,27)(H,24,29)(H,25,30)/t15-/m1/s1. The molecule has 3 N–H and O–H groups in total. The summed E-state index contributed by atoms with van der Waals surface area (Å²) < 4.78 is 4.92. The molecule has 0 bridgehead atoms. The van der Waals surface area contributed by atoms with Gasteiger partial charge in [-0.1, -0.05) is 29.8 Å². The molecule has 0 spiro atoms. The lowest BCUT2D eigenvalue weighted by Crippen LogP contribution is -2.44. The zero-order valence-electron chi connectivity index (χ0n) is 16.7. The molecule has 2 aromatic rings. The van der Waals surface area contributed by atoms with Crippen molar-refractivity contribution in [3.63, 3.8) is 0 Å². The minimum absolute atomic E-state index is 0.0939. The third kappa shape index (κ3) is 6.05. The number of amides is 4. The number of esters is 1. The summed E-state index contributed by atoms with van der Waals surface area (Å²) in [6, 6.07) is 14.3. The third-order valence-corrected chi connectivity index (χ3v) is 4.75. The van der Waals surface area contributed by atoms with Gasteiger partial charge in [0, 0.05) is 22.6 Å². The zero-order valence-corrected chi connectivity index (χ0v) is 17.4. The minimum Gasteiger partial charge on any atom is -0.455 e. The highest BCUT2D eigenvalue weighted by Gasteiger charge is 2.36. The first-order chi connectivity index (χ1) is 15.3. The lowest BCUT2D eigenvalue weighted by Gasteiger charge is -2.17. The first-order valence-corrected chi connectivity index (χ1v) is 9.89. The minimum atomic E-state index is -0.847. The second kappa shape index (κ2) is 10.4. The molecule has 1 saturated heterocycles. The van der Waals surface area contributed by atoms with Crippen molar-refractivity contribution >= 4 is 41.2 Å². The van der Waals surface area contributed by atoms with Crippen molar-refractivity contribution in [2.75, 3.05) is 13.2 Å². The van der Waals surface area contributed by atoms with Crippen molar-refractivity contribution in [1.29, 1.82) is 0 Å². The number of hydrazine groups is 2. The maximum atomic E-state index is 12.2. The monoisotopic (exact) mass is 458 g/mol. The van der Waals surface area contributed by atoms with Gasteiger partial charge in [0.1, 0.15) is 0 Å². The fourth-order valence-corrected chi connectivity index (χ4v) is 2.97. The summed E-state index contributed by atoms with van der Waals surface area (Å²) in [7, 11) is 0. The Bertz CT molecular complexity index is 1030. The fourth-order valence-electron chi connectivity index (χ4n) is 2.84. The SMILES string of the molecule is O=C(COC(=O)[C@@H]1CC(=O)N(NC(=O)c2ccc(Cl)cc2)C1)NNC(=O)c1ccccc1. The normalized spacial score (nSPS) is 15.1. The van der Waals surface area contributed by atoms with E-state index in [1.165, 1.54) is 24.3 Å². The molecule has 10 nitrogen and oxygen atoms in total. The Morgan fingerprint density at radius 3 is 2.28 bits per heavy atom. The van der Waals surface area contributed by atoms with Crippen LogP contribution in [0.4, 0.5) is 0 Å². The third-order valence-electron chi connectivity index (χ3n) is 4.50. The number of nitrogens with zero attached hydrogens (tertiary/aromatic N) is 1. The maximum absolute atomic E-state index is 12.2. The first kappa shape index (κ1) is 22.8. The number of ether oxygens (including phenoxy) is 1. The Morgan fingerprint density at radius 1 is 0.938 bits per heavy atom. The highest BCUT2D eigenvalue weighted by Crippen LogP contribution is 2.18. The number of hydrogen-bond donors (Lipinski definition) is 3. The van der Waals surface area contributed by atoms with Crippen LogP contribution in [0.1, 0.15) is 27.1 Å². The second-order valence-corrected chi connectivity index (χ2v) is 7.27. The van der Waals surface area contributed by atoms with Crippen LogP contribution in [0.3, 0.4) is 0 Å². The molecule has 0 saturated carbocycles. The molecule has 1 fully saturated rings. The molecule has 1 heterocycles. The fraction of sp³-hybridized carbons (Fsp3) is 0.190. The van der Waals surface area contributed by atoms with Crippen LogP contribution in [0.25, 0.3) is 0 Å². The number of rotatable bonds is 6. The van der Waals surface area contributed by atoms with Crippen LogP contribution < -0.4 is 16.3 Å². The molecule has 1 aliphatic heterocycles. The predicted molar refractivity (Wildman–Crippen MR) is 112 cm³/mol. The topological polar surface area (TPSA) is 134 Å². The van der Waals surface area contributed by atoms with Crippen LogP contribution in [0.15, 0.2) is 54.6 Å². The van der Waals surface area contributed by atoms with E-state index in [0.29, 0.717) is 16.1 Å². The molecule has 1 atom stereocenters. The van der Waals surface area contributed by atoms with Crippen molar-refractivity contribution < 1.29 is 28.7 Å². The Hall–Kier alpha value is -3.92. The molecule has 3 rings (SSSR count). The number of nitrogens with one attached hydrogen (secondary N) is 3. The van der Waals surface area contributed by atoms with E-state index < -0.39 is 42.1 Å². The number of benzene rings is 2. The van der Waals surface area contributed by atoms with Gasteiger partial charge in [-0.05, 0) is 36.4 Å². The van der Waals surface area contributed by atoms with Crippen molar-refractivity contribution in [2.45, 2.75) is 6.42 Å². The van der Waals surface area contributed by atoms with E-state index >= 15 is 0 Å². The smallest absolute Gasteiger partial charge is 0.311 e. The molecular weight excluding hydrogens is 440 g/mol. The molecule has 0 unspecified atom stereocenters. The average Bonchev–Trinajstić information content (AvgIpc) is 3.17. The van der Waals surface area contributed by atoms with Crippen LogP contribution >= 0.6 is 11.6 Å². The molecule has 2 aromatic carbocycles. The molecule has 1 aliphatic rings. The average molecular weight is 459 g/mol. The quantitative estimate of drug-likeness (QED) is 0.434. The van der Waals surface area contributed by atoms with E-state index in [0.717, 1.165) is 5.01 Å². The Labute approximate surface area is 187 Å². The van der Waals surface area contributed by atoms with Crippen molar-refractivity contribution in [3.05, 3.63) is 70.7 Å². The Balaban J connectivity index is 1.42. The molecule has 4 amide bonds. The zero-order chi connectivity index (χ0) is 23.1. The lowest BCUT2D eigenvalue weighted by atomic mass is 10.1. The van der Waals surface area contributed by atoms with Crippen molar-refractivity contribution in [3.8, 4) is 0 Å². The largest absolute Gasteiger partial charge is 0.455 e. The molecule has 166 valence electrons. The van der Waals surface area contributed by atoms with Crippen LogP contribution in [0, 0.1) is 5.92 Å². The van der Waals surface area contributed by atoms with Crippen LogP contribution in [0.5, 0.6) is 0 Å². The van der Waals surface area contributed by atoms with E-state index in [9.17, 15) is 24.0 Å². The maximum Gasteiger partial charge on any atom is 0.311 e. The summed E-state index contributed by atoms with van der Waals surface area (Å²) in [5.41, 5.74) is 7.40. The molecule has 32 heavy (non-hydrogen) atoms. The summed E-state index contributed by atoms with van der Waals surface area (Å²) >= 11 is 5.78. The summed E-state index contributed by atoms with van der Waals surface area (Å²) in [6.07, 6.45) is -0.175. The number of carbonyl (C=O) groups excluding carboxylic acids is 5. The Morgan fingerprint density at radius 2 is 1.59 bits per heavy atom. The van der Waals surface area contributed by atoms with E-state index in [4.69, 9.17) is 16.3 Å². The summed E-state index contributed by atoms with van der Waals surface area (Å²) in [4.78, 5) is 60.2. The molecule has 0 aromatic heterocycles. The van der Waals surface area contributed by atoms with Gasteiger partial charge in [0.15, 0.2) is 6.61 Å². The molecule has 11 heteroatoms. The highest BCUT2D eigenvalue weighted by atomic mass is 35.5.